The molecule has 1 amide bonds. The molecule has 1 N–H and O–H groups in total. The molecular weight excluding hydrogens is 358 g/mol. The van der Waals surface area contributed by atoms with Crippen LogP contribution in [0.2, 0.25) is 0 Å². The van der Waals surface area contributed by atoms with Gasteiger partial charge < -0.3 is 19.1 Å². The quantitative estimate of drug-likeness (QED) is 0.674. The third kappa shape index (κ3) is 3.93. The van der Waals surface area contributed by atoms with E-state index in [9.17, 15) is 4.79 Å². The lowest BCUT2D eigenvalue weighted by atomic mass is 10.1. The van der Waals surface area contributed by atoms with E-state index in [0.29, 0.717) is 35.2 Å². The van der Waals surface area contributed by atoms with Crippen molar-refractivity contribution in [3.8, 4) is 28.5 Å². The minimum atomic E-state index is -0.233. The summed E-state index contributed by atoms with van der Waals surface area (Å²) in [6.07, 6.45) is 0. The molecule has 0 radical (unpaired) electrons. The fraction of sp³-hybridized carbons (Fsp3) is 0.238. The molecule has 0 saturated carbocycles. The number of carbonyl (C=O) groups is 1. The van der Waals surface area contributed by atoms with Gasteiger partial charge in [0.1, 0.15) is 22.9 Å². The van der Waals surface area contributed by atoms with E-state index in [-0.39, 0.29) is 5.91 Å². The van der Waals surface area contributed by atoms with E-state index in [1.807, 2.05) is 31.2 Å². The number of aromatic amines is 1. The van der Waals surface area contributed by atoms with E-state index in [4.69, 9.17) is 14.2 Å². The topological polar surface area (TPSA) is 76.7 Å². The number of carbonyl (C=O) groups excluding carboxylic acids is 1. The van der Waals surface area contributed by atoms with Crippen LogP contribution in [0.4, 0.5) is 5.69 Å². The first-order chi connectivity index (χ1) is 13.6. The number of hydrogen-bond donors (Lipinski definition) is 1. The van der Waals surface area contributed by atoms with Gasteiger partial charge in [0.25, 0.3) is 5.91 Å². The van der Waals surface area contributed by atoms with Gasteiger partial charge in [-0.2, -0.15) is 5.10 Å². The van der Waals surface area contributed by atoms with Gasteiger partial charge in [-0.1, -0.05) is 12.1 Å². The first kappa shape index (κ1) is 19.3. The minimum absolute atomic E-state index is 0.233. The number of hydrogen-bond acceptors (Lipinski definition) is 5. The summed E-state index contributed by atoms with van der Waals surface area (Å²) in [5.74, 6) is 1.69. The summed E-state index contributed by atoms with van der Waals surface area (Å²) in [5.41, 5.74) is 2.48. The number of para-hydroxylation sites is 1. The zero-order valence-corrected chi connectivity index (χ0v) is 16.4. The molecule has 0 aliphatic carbocycles. The molecule has 0 spiro atoms. The Morgan fingerprint density at radius 3 is 2.39 bits per heavy atom. The predicted octanol–water partition coefficient (Wildman–Crippen LogP) is 3.77. The van der Waals surface area contributed by atoms with Gasteiger partial charge in [-0.3, -0.25) is 9.89 Å². The number of amides is 1. The number of nitrogens with zero attached hydrogens (tertiary/aromatic N) is 2. The first-order valence-corrected chi connectivity index (χ1v) is 8.86. The number of benzene rings is 2. The highest BCUT2D eigenvalue weighted by atomic mass is 16.5. The smallest absolute Gasteiger partial charge is 0.276 e. The molecule has 0 saturated heterocycles. The summed E-state index contributed by atoms with van der Waals surface area (Å²) in [5, 5.41) is 7.11. The molecule has 7 heteroatoms. The van der Waals surface area contributed by atoms with Gasteiger partial charge in [0.05, 0.1) is 32.2 Å². The van der Waals surface area contributed by atoms with Crippen LogP contribution in [-0.4, -0.2) is 44.0 Å². The van der Waals surface area contributed by atoms with Crippen molar-refractivity contribution in [1.29, 1.82) is 0 Å². The van der Waals surface area contributed by atoms with E-state index in [1.165, 1.54) is 4.90 Å². The van der Waals surface area contributed by atoms with Crippen LogP contribution >= 0.6 is 0 Å². The number of aromatic nitrogens is 2. The predicted molar refractivity (Wildman–Crippen MR) is 107 cm³/mol. The molecule has 1 heterocycles. The molecule has 0 bridgehead atoms. The monoisotopic (exact) mass is 381 g/mol. The molecular formula is C21H23N3O4. The lowest BCUT2D eigenvalue weighted by molar-refractivity contribution is 0.0988. The van der Waals surface area contributed by atoms with Crippen LogP contribution in [0.3, 0.4) is 0 Å². The van der Waals surface area contributed by atoms with E-state index in [0.717, 1.165) is 11.3 Å². The second kappa shape index (κ2) is 8.47. The zero-order chi connectivity index (χ0) is 20.1. The average Bonchev–Trinajstić information content (AvgIpc) is 3.22. The molecule has 0 aliphatic rings. The highest BCUT2D eigenvalue weighted by molar-refractivity contribution is 6.05. The Morgan fingerprint density at radius 2 is 1.75 bits per heavy atom. The van der Waals surface area contributed by atoms with Gasteiger partial charge in [0, 0.05) is 30.8 Å². The summed E-state index contributed by atoms with van der Waals surface area (Å²) in [7, 11) is 4.82. The van der Waals surface area contributed by atoms with Crippen LogP contribution in [-0.2, 0) is 0 Å². The van der Waals surface area contributed by atoms with Crippen molar-refractivity contribution >= 4 is 11.6 Å². The summed E-state index contributed by atoms with van der Waals surface area (Å²) in [4.78, 5) is 14.5. The number of anilines is 1. The maximum atomic E-state index is 12.9. The highest BCUT2D eigenvalue weighted by Gasteiger charge is 2.19. The second-order valence-corrected chi connectivity index (χ2v) is 6.03. The Kier molecular flexibility index (Phi) is 5.84. The van der Waals surface area contributed by atoms with Crippen LogP contribution in [0.5, 0.6) is 17.2 Å². The molecule has 0 aliphatic heterocycles. The maximum absolute atomic E-state index is 12.9. The summed E-state index contributed by atoms with van der Waals surface area (Å²) >= 11 is 0. The highest BCUT2D eigenvalue weighted by Crippen LogP contribution is 2.31. The normalized spacial score (nSPS) is 10.4. The van der Waals surface area contributed by atoms with Gasteiger partial charge in [-0.25, -0.2) is 0 Å². The Balaban J connectivity index is 1.89. The largest absolute Gasteiger partial charge is 0.497 e. The standard InChI is InChI=1S/C21H23N3O4/c1-5-28-20-9-7-6-8-17(20)18-13-19(23-22-18)21(25)24(2)14-10-15(26-3)12-16(11-14)27-4/h6-13H,5H2,1-4H3,(H,22,23). The molecule has 28 heavy (non-hydrogen) atoms. The average molecular weight is 381 g/mol. The van der Waals surface area contributed by atoms with E-state index in [2.05, 4.69) is 10.2 Å². The lowest BCUT2D eigenvalue weighted by Crippen LogP contribution is -2.26. The van der Waals surface area contributed by atoms with Gasteiger partial charge in [-0.05, 0) is 25.1 Å². The van der Waals surface area contributed by atoms with Crippen LogP contribution in [0, 0.1) is 0 Å². The van der Waals surface area contributed by atoms with Crippen LogP contribution < -0.4 is 19.1 Å². The van der Waals surface area contributed by atoms with Crippen molar-refractivity contribution in [2.45, 2.75) is 6.92 Å². The van der Waals surface area contributed by atoms with Crippen molar-refractivity contribution in [1.82, 2.24) is 10.2 Å². The third-order valence-electron chi connectivity index (χ3n) is 4.30. The van der Waals surface area contributed by atoms with Crippen LogP contribution in [0.15, 0.2) is 48.5 Å². The molecule has 0 fully saturated rings. The summed E-state index contributed by atoms with van der Waals surface area (Å²) in [6, 6.07) is 14.6. The molecule has 3 aromatic rings. The van der Waals surface area contributed by atoms with Crippen molar-refractivity contribution in [2.75, 3.05) is 32.8 Å². The lowest BCUT2D eigenvalue weighted by Gasteiger charge is -2.18. The van der Waals surface area contributed by atoms with Crippen LogP contribution in [0.1, 0.15) is 17.4 Å². The molecule has 1 aromatic heterocycles. The van der Waals surface area contributed by atoms with Gasteiger partial charge in [0.15, 0.2) is 0 Å². The van der Waals surface area contributed by atoms with E-state index >= 15 is 0 Å². The molecule has 3 rings (SSSR count). The van der Waals surface area contributed by atoms with Crippen molar-refractivity contribution in [2.24, 2.45) is 0 Å². The molecule has 2 aromatic carbocycles. The summed E-state index contributed by atoms with van der Waals surface area (Å²) < 4.78 is 16.2. The van der Waals surface area contributed by atoms with Crippen molar-refractivity contribution in [3.63, 3.8) is 0 Å². The molecule has 7 nitrogen and oxygen atoms in total. The number of ether oxygens (including phenoxy) is 3. The fourth-order valence-electron chi connectivity index (χ4n) is 2.81. The van der Waals surface area contributed by atoms with Crippen molar-refractivity contribution < 1.29 is 19.0 Å². The Hall–Kier alpha value is -3.48. The van der Waals surface area contributed by atoms with E-state index in [1.54, 1.807) is 45.5 Å². The minimum Gasteiger partial charge on any atom is -0.497 e. The first-order valence-electron chi connectivity index (χ1n) is 8.86. The maximum Gasteiger partial charge on any atom is 0.276 e. The SMILES string of the molecule is CCOc1ccccc1-c1cc(C(=O)N(C)c2cc(OC)cc(OC)c2)[nH]n1. The number of H-pyrrole nitrogens is 1. The van der Waals surface area contributed by atoms with Crippen LogP contribution in [0.25, 0.3) is 11.3 Å². The van der Waals surface area contributed by atoms with E-state index < -0.39 is 0 Å². The summed E-state index contributed by atoms with van der Waals surface area (Å²) in [6.45, 7) is 2.47. The zero-order valence-electron chi connectivity index (χ0n) is 16.4. The fourth-order valence-corrected chi connectivity index (χ4v) is 2.81. The Morgan fingerprint density at radius 1 is 1.07 bits per heavy atom. The van der Waals surface area contributed by atoms with Crippen molar-refractivity contribution in [3.05, 3.63) is 54.2 Å². The number of nitrogens with one attached hydrogen (secondary N) is 1. The number of methoxy groups -OCH3 is 2. The second-order valence-electron chi connectivity index (χ2n) is 6.03. The molecule has 0 unspecified atom stereocenters. The van der Waals surface area contributed by atoms with Gasteiger partial charge >= 0.3 is 0 Å². The Labute approximate surface area is 163 Å². The number of rotatable bonds is 7. The Bertz CT molecular complexity index is 946. The third-order valence-corrected chi connectivity index (χ3v) is 4.30. The van der Waals surface area contributed by atoms with Gasteiger partial charge in [-0.15, -0.1) is 0 Å². The molecule has 0 atom stereocenters. The molecule has 146 valence electrons. The van der Waals surface area contributed by atoms with Gasteiger partial charge in [0.2, 0.25) is 0 Å².